The van der Waals surface area contributed by atoms with Gasteiger partial charge in [-0.15, -0.1) is 0 Å². The van der Waals surface area contributed by atoms with Gasteiger partial charge >= 0.3 is 0 Å². The number of imide groups is 1. The number of hydrogen-bond acceptors (Lipinski definition) is 5. The molecule has 0 unspecified atom stereocenters. The topological polar surface area (TPSA) is 55.8 Å². The molecule has 0 N–H and O–H groups in total. The van der Waals surface area contributed by atoms with Crippen LogP contribution in [0.15, 0.2) is 71.6 Å². The molecule has 0 atom stereocenters. The van der Waals surface area contributed by atoms with Crippen LogP contribution in [0, 0.1) is 5.82 Å². The first-order valence-electron chi connectivity index (χ1n) is 9.99. The van der Waals surface area contributed by atoms with Crippen LogP contribution < -0.4 is 9.47 Å². The maximum Gasteiger partial charge on any atom is 0.293 e. The molecule has 0 spiro atoms. The van der Waals surface area contributed by atoms with E-state index in [1.807, 2.05) is 0 Å². The molecule has 0 aromatic heterocycles. The van der Waals surface area contributed by atoms with E-state index >= 15 is 0 Å². The van der Waals surface area contributed by atoms with Crippen molar-refractivity contribution >= 4 is 40.6 Å². The van der Waals surface area contributed by atoms with E-state index in [0.717, 1.165) is 22.2 Å². The third-order valence-electron chi connectivity index (χ3n) is 4.97. The maximum absolute atomic E-state index is 13.2. The predicted molar refractivity (Wildman–Crippen MR) is 127 cm³/mol. The van der Waals surface area contributed by atoms with Crippen LogP contribution in [-0.2, 0) is 17.9 Å². The summed E-state index contributed by atoms with van der Waals surface area (Å²) in [5.41, 5.74) is 2.04. The normalized spacial score (nSPS) is 14.8. The number of carbonyl (C=O) groups is 2. The Morgan fingerprint density at radius 2 is 1.79 bits per heavy atom. The molecule has 1 fully saturated rings. The van der Waals surface area contributed by atoms with E-state index in [2.05, 4.69) is 0 Å². The Hall–Kier alpha value is -3.29. The van der Waals surface area contributed by atoms with Crippen LogP contribution >= 0.6 is 23.4 Å². The fourth-order valence-corrected chi connectivity index (χ4v) is 4.30. The number of amides is 2. The van der Waals surface area contributed by atoms with Gasteiger partial charge in [-0.1, -0.05) is 54.1 Å². The van der Waals surface area contributed by atoms with Crippen molar-refractivity contribution in [2.45, 2.75) is 13.2 Å². The van der Waals surface area contributed by atoms with Crippen LogP contribution in [0.5, 0.6) is 11.5 Å². The Morgan fingerprint density at radius 1 is 1.03 bits per heavy atom. The lowest BCUT2D eigenvalue weighted by Gasteiger charge is -2.14. The first kappa shape index (κ1) is 22.9. The van der Waals surface area contributed by atoms with E-state index in [1.54, 1.807) is 60.7 Å². The molecular weight excluding hydrogens is 465 g/mol. The van der Waals surface area contributed by atoms with Gasteiger partial charge in [-0.3, -0.25) is 14.5 Å². The van der Waals surface area contributed by atoms with Crippen molar-refractivity contribution < 1.29 is 23.5 Å². The molecule has 3 aromatic rings. The van der Waals surface area contributed by atoms with Crippen LogP contribution in [0.1, 0.15) is 16.7 Å². The molecule has 0 bridgehead atoms. The van der Waals surface area contributed by atoms with Gasteiger partial charge in [-0.05, 0) is 53.2 Å². The second kappa shape index (κ2) is 10.1. The minimum atomic E-state index is -0.405. The summed E-state index contributed by atoms with van der Waals surface area (Å²) < 4.78 is 24.6. The summed E-state index contributed by atoms with van der Waals surface area (Å²) >= 11 is 7.05. The van der Waals surface area contributed by atoms with Gasteiger partial charge in [-0.25, -0.2) is 4.39 Å². The third kappa shape index (κ3) is 5.21. The molecule has 4 rings (SSSR count). The fraction of sp³-hybridized carbons (Fsp3) is 0.120. The Labute approximate surface area is 199 Å². The molecule has 1 aliphatic heterocycles. The van der Waals surface area contributed by atoms with Crippen molar-refractivity contribution in [1.29, 1.82) is 0 Å². The number of methoxy groups -OCH3 is 1. The number of benzene rings is 3. The zero-order valence-electron chi connectivity index (χ0n) is 17.6. The molecule has 8 heteroatoms. The first-order valence-corrected chi connectivity index (χ1v) is 11.2. The summed E-state index contributed by atoms with van der Waals surface area (Å²) in [6.45, 7) is 0.267. The lowest BCUT2D eigenvalue weighted by Crippen LogP contribution is -2.27. The highest BCUT2D eigenvalue weighted by Gasteiger charge is 2.35. The molecule has 0 saturated carbocycles. The van der Waals surface area contributed by atoms with E-state index in [-0.39, 0.29) is 29.1 Å². The molecule has 5 nitrogen and oxygen atoms in total. The molecule has 33 heavy (non-hydrogen) atoms. The van der Waals surface area contributed by atoms with Crippen molar-refractivity contribution in [2.24, 2.45) is 0 Å². The number of thioether (sulfide) groups is 1. The van der Waals surface area contributed by atoms with Crippen LogP contribution in [0.2, 0.25) is 5.02 Å². The van der Waals surface area contributed by atoms with Crippen LogP contribution in [0.4, 0.5) is 9.18 Å². The average molecular weight is 484 g/mol. The summed E-state index contributed by atoms with van der Waals surface area (Å²) in [4.78, 5) is 27.0. The van der Waals surface area contributed by atoms with Crippen molar-refractivity contribution in [1.82, 2.24) is 4.90 Å². The minimum absolute atomic E-state index is 0.0910. The molecule has 0 aliphatic carbocycles. The Bertz CT molecular complexity index is 1230. The number of hydrogen-bond donors (Lipinski definition) is 0. The summed E-state index contributed by atoms with van der Waals surface area (Å²) in [6.07, 6.45) is 1.61. The van der Waals surface area contributed by atoms with Crippen LogP contribution in [-0.4, -0.2) is 23.2 Å². The smallest absolute Gasteiger partial charge is 0.293 e. The maximum atomic E-state index is 13.2. The van der Waals surface area contributed by atoms with E-state index in [0.29, 0.717) is 27.6 Å². The van der Waals surface area contributed by atoms with Gasteiger partial charge in [0.15, 0.2) is 11.5 Å². The number of carbonyl (C=O) groups excluding carboxylic acids is 2. The van der Waals surface area contributed by atoms with Crippen molar-refractivity contribution in [3.8, 4) is 11.5 Å². The summed E-state index contributed by atoms with van der Waals surface area (Å²) in [5.74, 6) is 0.157. The fourth-order valence-electron chi connectivity index (χ4n) is 3.27. The van der Waals surface area contributed by atoms with Crippen LogP contribution in [0.25, 0.3) is 6.08 Å². The summed E-state index contributed by atoms with van der Waals surface area (Å²) in [7, 11) is 1.52. The first-order chi connectivity index (χ1) is 16.0. The molecule has 1 aliphatic rings. The molecule has 2 amide bonds. The highest BCUT2D eigenvalue weighted by atomic mass is 35.5. The Morgan fingerprint density at radius 3 is 2.52 bits per heavy atom. The van der Waals surface area contributed by atoms with Crippen LogP contribution in [0.3, 0.4) is 0 Å². The highest BCUT2D eigenvalue weighted by Crippen LogP contribution is 2.38. The predicted octanol–water partition coefficient (Wildman–Crippen LogP) is 6.30. The lowest BCUT2D eigenvalue weighted by molar-refractivity contribution is -0.123. The third-order valence-corrected chi connectivity index (χ3v) is 6.25. The zero-order valence-corrected chi connectivity index (χ0v) is 19.2. The van der Waals surface area contributed by atoms with E-state index < -0.39 is 5.91 Å². The largest absolute Gasteiger partial charge is 0.493 e. The highest BCUT2D eigenvalue weighted by molar-refractivity contribution is 8.18. The van der Waals surface area contributed by atoms with Gasteiger partial charge in [0.1, 0.15) is 12.4 Å². The number of ether oxygens (including phenoxy) is 2. The second-order valence-electron chi connectivity index (χ2n) is 7.15. The number of nitrogens with zero attached hydrogens (tertiary/aromatic N) is 1. The van der Waals surface area contributed by atoms with Gasteiger partial charge < -0.3 is 9.47 Å². The van der Waals surface area contributed by atoms with Crippen molar-refractivity contribution in [3.05, 3.63) is 99.2 Å². The minimum Gasteiger partial charge on any atom is -0.493 e. The molecule has 1 heterocycles. The molecule has 3 aromatic carbocycles. The summed E-state index contributed by atoms with van der Waals surface area (Å²) in [6, 6.07) is 18.3. The van der Waals surface area contributed by atoms with Gasteiger partial charge in [0.25, 0.3) is 11.1 Å². The Kier molecular flexibility index (Phi) is 7.01. The number of rotatable bonds is 7. The van der Waals surface area contributed by atoms with Gasteiger partial charge in [0.2, 0.25) is 0 Å². The second-order valence-corrected chi connectivity index (χ2v) is 8.55. The summed E-state index contributed by atoms with van der Waals surface area (Å²) in [5, 5.41) is 0.118. The zero-order chi connectivity index (χ0) is 23.4. The molecule has 168 valence electrons. The van der Waals surface area contributed by atoms with E-state index in [4.69, 9.17) is 21.1 Å². The molecule has 0 radical (unpaired) electrons. The van der Waals surface area contributed by atoms with Gasteiger partial charge in [0, 0.05) is 10.6 Å². The van der Waals surface area contributed by atoms with Crippen molar-refractivity contribution in [3.63, 3.8) is 0 Å². The Balaban J connectivity index is 1.59. The number of para-hydroxylation sites is 1. The monoisotopic (exact) mass is 483 g/mol. The molecule has 1 saturated heterocycles. The number of halogens is 2. The van der Waals surface area contributed by atoms with Gasteiger partial charge in [-0.2, -0.15) is 0 Å². The lowest BCUT2D eigenvalue weighted by atomic mass is 10.1. The average Bonchev–Trinajstić information content (AvgIpc) is 3.07. The quantitative estimate of drug-likeness (QED) is 0.369. The standard InChI is InChI=1S/C25H19ClFNO4S/c1-31-21-8-4-6-17(23(21)32-15-16-9-11-19(27)12-10-16)13-22-24(29)28(25(30)33-22)14-18-5-2-3-7-20(18)26/h2-13H,14-15H2,1H3/b22-13-. The SMILES string of the molecule is COc1cccc(/C=C2\SC(=O)N(Cc3ccccc3Cl)C2=O)c1OCc1ccc(F)cc1. The van der Waals surface area contributed by atoms with Gasteiger partial charge in [0.05, 0.1) is 18.6 Å². The van der Waals surface area contributed by atoms with Crippen molar-refractivity contribution in [2.75, 3.05) is 7.11 Å². The molecular formula is C25H19ClFNO4S. The van der Waals surface area contributed by atoms with E-state index in [1.165, 1.54) is 19.2 Å². The van der Waals surface area contributed by atoms with E-state index in [9.17, 15) is 14.0 Å².